The van der Waals surface area contributed by atoms with Gasteiger partial charge in [0.1, 0.15) is 11.6 Å². The number of aryl methyl sites for hydroxylation is 1. The molecule has 0 aliphatic heterocycles. The van der Waals surface area contributed by atoms with Gasteiger partial charge in [-0.05, 0) is 18.9 Å². The molecule has 1 heterocycles. The standard InChI is InChI=1S/C14H21N3O2/c18-14(19)8-7-12-15-10-9-13(17-12)16-11-5-3-1-2-4-6-11/h9-11H,1-8H2,(H,18,19)(H,15,16,17). The van der Waals surface area contributed by atoms with E-state index in [1.807, 2.05) is 6.07 Å². The molecule has 19 heavy (non-hydrogen) atoms. The summed E-state index contributed by atoms with van der Waals surface area (Å²) in [7, 11) is 0. The zero-order valence-corrected chi connectivity index (χ0v) is 11.1. The summed E-state index contributed by atoms with van der Waals surface area (Å²) in [5.41, 5.74) is 0. The molecular formula is C14H21N3O2. The molecule has 104 valence electrons. The van der Waals surface area contributed by atoms with Crippen LogP contribution in [0.4, 0.5) is 5.82 Å². The first-order valence-electron chi connectivity index (χ1n) is 7.04. The van der Waals surface area contributed by atoms with Crippen LogP contribution in [0.1, 0.15) is 50.8 Å². The lowest BCUT2D eigenvalue weighted by Crippen LogP contribution is -2.19. The zero-order valence-electron chi connectivity index (χ0n) is 11.1. The monoisotopic (exact) mass is 263 g/mol. The summed E-state index contributed by atoms with van der Waals surface area (Å²) in [6, 6.07) is 2.35. The molecule has 0 radical (unpaired) electrons. The molecule has 5 nitrogen and oxygen atoms in total. The van der Waals surface area contributed by atoms with Crippen molar-refractivity contribution in [3.8, 4) is 0 Å². The van der Waals surface area contributed by atoms with Crippen LogP contribution in [0.3, 0.4) is 0 Å². The normalized spacial score (nSPS) is 16.8. The van der Waals surface area contributed by atoms with Gasteiger partial charge < -0.3 is 10.4 Å². The second kappa shape index (κ2) is 7.07. The highest BCUT2D eigenvalue weighted by Gasteiger charge is 2.12. The van der Waals surface area contributed by atoms with Crippen LogP contribution in [0, 0.1) is 0 Å². The Morgan fingerprint density at radius 1 is 1.32 bits per heavy atom. The SMILES string of the molecule is O=C(O)CCc1nccc(NC2CCCCCC2)n1. The highest BCUT2D eigenvalue weighted by molar-refractivity contribution is 5.66. The third-order valence-corrected chi connectivity index (χ3v) is 3.48. The molecule has 0 saturated heterocycles. The van der Waals surface area contributed by atoms with Crippen LogP contribution >= 0.6 is 0 Å². The molecule has 0 unspecified atom stereocenters. The Morgan fingerprint density at radius 3 is 2.74 bits per heavy atom. The van der Waals surface area contributed by atoms with Crippen molar-refractivity contribution in [3.05, 3.63) is 18.1 Å². The van der Waals surface area contributed by atoms with Crippen molar-refractivity contribution in [2.45, 2.75) is 57.4 Å². The molecule has 0 amide bonds. The van der Waals surface area contributed by atoms with Gasteiger partial charge >= 0.3 is 5.97 Å². The summed E-state index contributed by atoms with van der Waals surface area (Å²) in [5, 5.41) is 12.1. The molecule has 1 fully saturated rings. The number of carbonyl (C=O) groups is 1. The van der Waals surface area contributed by atoms with E-state index in [1.165, 1.54) is 38.5 Å². The van der Waals surface area contributed by atoms with E-state index >= 15 is 0 Å². The van der Waals surface area contributed by atoms with Crippen LogP contribution in [-0.2, 0) is 11.2 Å². The fourth-order valence-corrected chi connectivity index (χ4v) is 2.45. The smallest absolute Gasteiger partial charge is 0.303 e. The van der Waals surface area contributed by atoms with Crippen LogP contribution in [0.5, 0.6) is 0 Å². The molecule has 1 aliphatic rings. The average molecular weight is 263 g/mol. The summed E-state index contributed by atoms with van der Waals surface area (Å²) < 4.78 is 0. The number of aromatic nitrogens is 2. The zero-order chi connectivity index (χ0) is 13.5. The van der Waals surface area contributed by atoms with Crippen LogP contribution in [0.25, 0.3) is 0 Å². The molecule has 0 spiro atoms. The van der Waals surface area contributed by atoms with Crippen LogP contribution < -0.4 is 5.32 Å². The second-order valence-corrected chi connectivity index (χ2v) is 5.08. The van der Waals surface area contributed by atoms with Crippen molar-refractivity contribution in [1.82, 2.24) is 9.97 Å². The number of hydrogen-bond donors (Lipinski definition) is 2. The van der Waals surface area contributed by atoms with Crippen molar-refractivity contribution in [2.24, 2.45) is 0 Å². The van der Waals surface area contributed by atoms with Gasteiger partial charge in [-0.3, -0.25) is 4.79 Å². The molecule has 0 aromatic carbocycles. The number of nitrogens with one attached hydrogen (secondary N) is 1. The molecule has 1 aromatic heterocycles. The number of hydrogen-bond acceptors (Lipinski definition) is 4. The average Bonchev–Trinajstić information content (AvgIpc) is 2.65. The van der Waals surface area contributed by atoms with Crippen molar-refractivity contribution in [2.75, 3.05) is 5.32 Å². The Kier molecular flexibility index (Phi) is 5.12. The predicted octanol–water partition coefficient (Wildman–Crippen LogP) is 2.63. The Morgan fingerprint density at radius 2 is 2.05 bits per heavy atom. The van der Waals surface area contributed by atoms with E-state index in [0.29, 0.717) is 18.3 Å². The van der Waals surface area contributed by atoms with Crippen molar-refractivity contribution >= 4 is 11.8 Å². The van der Waals surface area contributed by atoms with E-state index in [4.69, 9.17) is 5.11 Å². The first-order chi connectivity index (χ1) is 9.24. The largest absolute Gasteiger partial charge is 0.481 e. The Balaban J connectivity index is 1.91. The minimum atomic E-state index is -0.814. The summed E-state index contributed by atoms with van der Waals surface area (Å²) >= 11 is 0. The number of carboxylic acid groups (broad SMARTS) is 1. The minimum Gasteiger partial charge on any atom is -0.481 e. The Bertz CT molecular complexity index is 415. The number of anilines is 1. The quantitative estimate of drug-likeness (QED) is 0.799. The maximum Gasteiger partial charge on any atom is 0.303 e. The second-order valence-electron chi connectivity index (χ2n) is 5.08. The van der Waals surface area contributed by atoms with Crippen LogP contribution in [0.2, 0.25) is 0 Å². The minimum absolute atomic E-state index is 0.0763. The van der Waals surface area contributed by atoms with Gasteiger partial charge in [0, 0.05) is 18.7 Å². The first-order valence-corrected chi connectivity index (χ1v) is 7.04. The van der Waals surface area contributed by atoms with Crippen molar-refractivity contribution in [1.29, 1.82) is 0 Å². The molecular weight excluding hydrogens is 242 g/mol. The van der Waals surface area contributed by atoms with Gasteiger partial charge in [-0.2, -0.15) is 0 Å². The van der Waals surface area contributed by atoms with Crippen molar-refractivity contribution in [3.63, 3.8) is 0 Å². The fourth-order valence-electron chi connectivity index (χ4n) is 2.45. The topological polar surface area (TPSA) is 75.1 Å². The number of rotatable bonds is 5. The molecule has 0 bridgehead atoms. The Labute approximate surface area is 113 Å². The third-order valence-electron chi connectivity index (χ3n) is 3.48. The fraction of sp³-hybridized carbons (Fsp3) is 0.643. The summed E-state index contributed by atoms with van der Waals surface area (Å²) in [6.45, 7) is 0. The van der Waals surface area contributed by atoms with Gasteiger partial charge in [-0.25, -0.2) is 9.97 Å². The van der Waals surface area contributed by atoms with Gasteiger partial charge in [-0.1, -0.05) is 25.7 Å². The first kappa shape index (κ1) is 13.8. The summed E-state index contributed by atoms with van der Waals surface area (Å²) in [5.74, 6) is 0.606. The van der Waals surface area contributed by atoms with E-state index in [9.17, 15) is 4.79 Å². The number of carboxylic acids is 1. The lowest BCUT2D eigenvalue weighted by molar-refractivity contribution is -0.137. The third kappa shape index (κ3) is 4.85. The van der Waals surface area contributed by atoms with Crippen LogP contribution in [0.15, 0.2) is 12.3 Å². The highest BCUT2D eigenvalue weighted by atomic mass is 16.4. The molecule has 1 aromatic rings. The van der Waals surface area contributed by atoms with Crippen LogP contribution in [-0.4, -0.2) is 27.1 Å². The molecule has 1 saturated carbocycles. The van der Waals surface area contributed by atoms with Gasteiger partial charge in [0.25, 0.3) is 0 Å². The lowest BCUT2D eigenvalue weighted by atomic mass is 10.1. The predicted molar refractivity (Wildman–Crippen MR) is 73.1 cm³/mol. The summed E-state index contributed by atoms with van der Waals surface area (Å²) in [4.78, 5) is 19.0. The summed E-state index contributed by atoms with van der Waals surface area (Å²) in [6.07, 6.45) is 9.73. The van der Waals surface area contributed by atoms with Gasteiger partial charge in [0.15, 0.2) is 0 Å². The molecule has 2 N–H and O–H groups in total. The van der Waals surface area contributed by atoms with E-state index in [-0.39, 0.29) is 6.42 Å². The van der Waals surface area contributed by atoms with E-state index < -0.39 is 5.97 Å². The molecule has 5 heteroatoms. The van der Waals surface area contributed by atoms with Gasteiger partial charge in [0.05, 0.1) is 6.42 Å². The van der Waals surface area contributed by atoms with Gasteiger partial charge in [0.2, 0.25) is 0 Å². The highest BCUT2D eigenvalue weighted by Crippen LogP contribution is 2.20. The lowest BCUT2D eigenvalue weighted by Gasteiger charge is -2.16. The maximum atomic E-state index is 10.5. The number of nitrogens with zero attached hydrogens (tertiary/aromatic N) is 2. The molecule has 1 aliphatic carbocycles. The van der Waals surface area contributed by atoms with Crippen molar-refractivity contribution < 1.29 is 9.90 Å². The maximum absolute atomic E-state index is 10.5. The van der Waals surface area contributed by atoms with E-state index in [1.54, 1.807) is 6.20 Å². The Hall–Kier alpha value is -1.65. The van der Waals surface area contributed by atoms with Gasteiger partial charge in [-0.15, -0.1) is 0 Å². The molecule has 2 rings (SSSR count). The van der Waals surface area contributed by atoms with E-state index in [2.05, 4.69) is 15.3 Å². The van der Waals surface area contributed by atoms with E-state index in [0.717, 1.165) is 5.82 Å². The molecule has 0 atom stereocenters. The number of aliphatic carboxylic acids is 1.